The van der Waals surface area contributed by atoms with Crippen LogP contribution in [0.2, 0.25) is 0 Å². The number of amides is 1. The highest BCUT2D eigenvalue weighted by molar-refractivity contribution is 6.18. The van der Waals surface area contributed by atoms with Gasteiger partial charge in [0.15, 0.2) is 0 Å². The van der Waals surface area contributed by atoms with E-state index in [1.807, 2.05) is 6.92 Å². The zero-order valence-corrected chi connectivity index (χ0v) is 9.86. The van der Waals surface area contributed by atoms with Gasteiger partial charge in [0, 0.05) is 11.9 Å². The maximum Gasteiger partial charge on any atom is 0.411 e. The first-order valence-corrected chi connectivity index (χ1v) is 5.29. The molecule has 0 aromatic carbocycles. The lowest BCUT2D eigenvalue weighted by atomic mass is 10.1. The molecule has 0 aromatic rings. The van der Waals surface area contributed by atoms with Crippen LogP contribution in [-0.4, -0.2) is 37.2 Å². The number of ether oxygens (including phenoxy) is 1. The molecule has 2 atom stereocenters. The van der Waals surface area contributed by atoms with E-state index in [0.29, 0.717) is 5.88 Å². The lowest BCUT2D eigenvalue weighted by Gasteiger charge is -2.19. The normalized spacial score (nSPS) is 15.6. The molecule has 16 heavy (non-hydrogen) atoms. The number of rotatable bonds is 6. The summed E-state index contributed by atoms with van der Waals surface area (Å²) in [6.07, 6.45) is -4.41. The van der Waals surface area contributed by atoms with Crippen LogP contribution in [-0.2, 0) is 9.53 Å². The molecule has 0 bridgehead atoms. The molecule has 0 aliphatic heterocycles. The van der Waals surface area contributed by atoms with Gasteiger partial charge in [-0.25, -0.2) is 0 Å². The molecule has 1 amide bonds. The van der Waals surface area contributed by atoms with Gasteiger partial charge in [0.05, 0.1) is 0 Å². The zero-order valence-electron chi connectivity index (χ0n) is 9.10. The molecule has 0 spiro atoms. The monoisotopic (exact) mass is 261 g/mol. The highest BCUT2D eigenvalue weighted by atomic mass is 35.5. The van der Waals surface area contributed by atoms with Crippen LogP contribution in [0.4, 0.5) is 13.2 Å². The minimum atomic E-state index is -4.41. The van der Waals surface area contributed by atoms with E-state index < -0.39 is 25.3 Å². The summed E-state index contributed by atoms with van der Waals surface area (Å²) in [7, 11) is 0. The van der Waals surface area contributed by atoms with Crippen molar-refractivity contribution >= 4 is 17.5 Å². The van der Waals surface area contributed by atoms with Crippen molar-refractivity contribution < 1.29 is 22.7 Å². The number of nitrogens with one attached hydrogen (secondary N) is 1. The largest absolute Gasteiger partial charge is 0.411 e. The lowest BCUT2D eigenvalue weighted by molar-refractivity contribution is -0.175. The molecule has 0 aliphatic rings. The molecule has 0 aromatic heterocycles. The summed E-state index contributed by atoms with van der Waals surface area (Å²) in [6, 6.07) is -0.195. The van der Waals surface area contributed by atoms with Crippen LogP contribution >= 0.6 is 11.6 Å². The number of hydrogen-bond donors (Lipinski definition) is 1. The highest BCUT2D eigenvalue weighted by Gasteiger charge is 2.27. The van der Waals surface area contributed by atoms with Gasteiger partial charge in [0.2, 0.25) is 5.91 Å². The van der Waals surface area contributed by atoms with E-state index in [1.165, 1.54) is 0 Å². The SMILES string of the molecule is CC(CCl)C(C)NC(=O)COCC(F)(F)F. The van der Waals surface area contributed by atoms with Crippen LogP contribution in [0.25, 0.3) is 0 Å². The molecule has 0 saturated heterocycles. The molecular weight excluding hydrogens is 247 g/mol. The van der Waals surface area contributed by atoms with Crippen molar-refractivity contribution in [2.45, 2.75) is 26.1 Å². The van der Waals surface area contributed by atoms with Crippen LogP contribution in [0.15, 0.2) is 0 Å². The topological polar surface area (TPSA) is 38.3 Å². The summed E-state index contributed by atoms with van der Waals surface area (Å²) in [5, 5.41) is 2.50. The Hall–Kier alpha value is -0.490. The third-order valence-corrected chi connectivity index (χ3v) is 2.47. The number of halogens is 4. The second-order valence-electron chi connectivity index (χ2n) is 3.60. The van der Waals surface area contributed by atoms with Crippen LogP contribution in [0.3, 0.4) is 0 Å². The molecule has 2 unspecified atom stereocenters. The van der Waals surface area contributed by atoms with Gasteiger partial charge in [0.1, 0.15) is 13.2 Å². The molecule has 1 N–H and O–H groups in total. The number of alkyl halides is 4. The third kappa shape index (κ3) is 7.76. The van der Waals surface area contributed by atoms with Crippen molar-refractivity contribution in [2.75, 3.05) is 19.1 Å². The first-order valence-electron chi connectivity index (χ1n) is 4.76. The molecular formula is C9H15ClF3NO2. The Bertz CT molecular complexity index is 223. The Morgan fingerprint density at radius 2 is 2.00 bits per heavy atom. The quantitative estimate of drug-likeness (QED) is 0.742. The zero-order chi connectivity index (χ0) is 12.8. The Balaban J connectivity index is 3.75. The van der Waals surface area contributed by atoms with E-state index in [1.54, 1.807) is 6.92 Å². The Morgan fingerprint density at radius 1 is 1.44 bits per heavy atom. The number of carbonyl (C=O) groups is 1. The predicted octanol–water partition coefficient (Wildman–Crippen LogP) is 1.94. The van der Waals surface area contributed by atoms with Gasteiger partial charge in [-0.3, -0.25) is 4.79 Å². The second-order valence-corrected chi connectivity index (χ2v) is 3.90. The van der Waals surface area contributed by atoms with E-state index in [2.05, 4.69) is 10.1 Å². The van der Waals surface area contributed by atoms with Crippen molar-refractivity contribution in [3.05, 3.63) is 0 Å². The van der Waals surface area contributed by atoms with Crippen LogP contribution in [0.5, 0.6) is 0 Å². The first-order chi connectivity index (χ1) is 7.26. The molecule has 3 nitrogen and oxygen atoms in total. The van der Waals surface area contributed by atoms with E-state index in [9.17, 15) is 18.0 Å². The molecule has 0 heterocycles. The summed E-state index contributed by atoms with van der Waals surface area (Å²) in [5.41, 5.74) is 0. The average molecular weight is 262 g/mol. The molecule has 96 valence electrons. The molecule has 0 radical (unpaired) electrons. The van der Waals surface area contributed by atoms with E-state index in [-0.39, 0.29) is 12.0 Å². The third-order valence-electron chi connectivity index (χ3n) is 1.98. The lowest BCUT2D eigenvalue weighted by Crippen LogP contribution is -2.40. The van der Waals surface area contributed by atoms with Gasteiger partial charge in [0.25, 0.3) is 0 Å². The summed E-state index contributed by atoms with van der Waals surface area (Å²) in [5.74, 6) is -0.160. The summed E-state index contributed by atoms with van der Waals surface area (Å²) < 4.78 is 39.2. The van der Waals surface area contributed by atoms with Crippen molar-refractivity contribution in [1.29, 1.82) is 0 Å². The second kappa shape index (κ2) is 6.96. The van der Waals surface area contributed by atoms with Gasteiger partial charge in [-0.05, 0) is 12.8 Å². The first kappa shape index (κ1) is 15.5. The fourth-order valence-corrected chi connectivity index (χ4v) is 1.10. The minimum absolute atomic E-state index is 0.0493. The molecule has 0 aliphatic carbocycles. The van der Waals surface area contributed by atoms with Crippen molar-refractivity contribution in [2.24, 2.45) is 5.92 Å². The molecule has 0 fully saturated rings. The molecule has 7 heteroatoms. The van der Waals surface area contributed by atoms with Gasteiger partial charge in [-0.1, -0.05) is 6.92 Å². The smallest absolute Gasteiger partial charge is 0.362 e. The number of carbonyl (C=O) groups excluding carboxylic acids is 1. The van der Waals surface area contributed by atoms with Gasteiger partial charge < -0.3 is 10.1 Å². The van der Waals surface area contributed by atoms with E-state index >= 15 is 0 Å². The van der Waals surface area contributed by atoms with Gasteiger partial charge >= 0.3 is 6.18 Å². The number of hydrogen-bond acceptors (Lipinski definition) is 2. The maximum absolute atomic E-state index is 11.7. The van der Waals surface area contributed by atoms with E-state index in [0.717, 1.165) is 0 Å². The Kier molecular flexibility index (Phi) is 6.74. The molecule has 0 saturated carbocycles. The minimum Gasteiger partial charge on any atom is -0.362 e. The Morgan fingerprint density at radius 3 is 2.44 bits per heavy atom. The van der Waals surface area contributed by atoms with Crippen LogP contribution < -0.4 is 5.32 Å². The molecule has 0 rings (SSSR count). The van der Waals surface area contributed by atoms with Gasteiger partial charge in [-0.2, -0.15) is 13.2 Å². The predicted molar refractivity (Wildman–Crippen MR) is 54.4 cm³/mol. The summed E-state index contributed by atoms with van der Waals surface area (Å²) >= 11 is 5.56. The van der Waals surface area contributed by atoms with Crippen LogP contribution in [0, 0.1) is 5.92 Å². The summed E-state index contributed by atoms with van der Waals surface area (Å²) in [4.78, 5) is 11.1. The van der Waals surface area contributed by atoms with Crippen molar-refractivity contribution in [1.82, 2.24) is 5.32 Å². The fourth-order valence-electron chi connectivity index (χ4n) is 0.831. The maximum atomic E-state index is 11.7. The highest BCUT2D eigenvalue weighted by Crippen LogP contribution is 2.14. The van der Waals surface area contributed by atoms with E-state index in [4.69, 9.17) is 11.6 Å². The summed E-state index contributed by atoms with van der Waals surface area (Å²) in [6.45, 7) is 1.54. The van der Waals surface area contributed by atoms with Crippen molar-refractivity contribution in [3.63, 3.8) is 0 Å². The fraction of sp³-hybridized carbons (Fsp3) is 0.889. The van der Waals surface area contributed by atoms with Crippen LogP contribution in [0.1, 0.15) is 13.8 Å². The van der Waals surface area contributed by atoms with Crippen molar-refractivity contribution in [3.8, 4) is 0 Å². The van der Waals surface area contributed by atoms with Gasteiger partial charge in [-0.15, -0.1) is 11.6 Å². The standard InChI is InChI=1S/C9H15ClF3NO2/c1-6(3-10)7(2)14-8(15)4-16-5-9(11,12)13/h6-7H,3-5H2,1-2H3,(H,14,15). The average Bonchev–Trinajstić information content (AvgIpc) is 2.14. The Labute approximate surface area is 97.3 Å².